The van der Waals surface area contributed by atoms with Crippen LogP contribution in [0.15, 0.2) is 18.2 Å². The van der Waals surface area contributed by atoms with Crippen LogP contribution in [0.25, 0.3) is 0 Å². The van der Waals surface area contributed by atoms with Crippen LogP contribution in [0.1, 0.15) is 18.4 Å². The van der Waals surface area contributed by atoms with Crippen molar-refractivity contribution in [1.29, 1.82) is 5.26 Å². The summed E-state index contributed by atoms with van der Waals surface area (Å²) in [4.78, 5) is 4.62. The molecule has 0 aliphatic carbocycles. The summed E-state index contributed by atoms with van der Waals surface area (Å²) in [5.41, 5.74) is 1.63. The third-order valence-corrected chi connectivity index (χ3v) is 4.20. The molecule has 1 heterocycles. The van der Waals surface area contributed by atoms with Crippen molar-refractivity contribution in [2.24, 2.45) is 5.92 Å². The van der Waals surface area contributed by atoms with Gasteiger partial charge in [0.15, 0.2) is 0 Å². The zero-order valence-corrected chi connectivity index (χ0v) is 12.3. The van der Waals surface area contributed by atoms with Crippen LogP contribution in [0, 0.1) is 17.2 Å². The molecule has 1 aliphatic heterocycles. The fourth-order valence-electron chi connectivity index (χ4n) is 2.57. The Morgan fingerprint density at radius 2 is 2.11 bits per heavy atom. The monoisotopic (exact) mass is 277 g/mol. The highest BCUT2D eigenvalue weighted by Gasteiger charge is 2.18. The molecule has 1 aromatic carbocycles. The molecule has 0 aromatic heterocycles. The Labute approximate surface area is 120 Å². The first-order valence-electron chi connectivity index (χ1n) is 6.69. The van der Waals surface area contributed by atoms with Crippen molar-refractivity contribution in [2.75, 3.05) is 38.6 Å². The highest BCUT2D eigenvalue weighted by atomic mass is 35.5. The molecule has 0 N–H and O–H groups in total. The van der Waals surface area contributed by atoms with E-state index < -0.39 is 0 Å². The van der Waals surface area contributed by atoms with Crippen LogP contribution in [0.3, 0.4) is 0 Å². The summed E-state index contributed by atoms with van der Waals surface area (Å²) in [6, 6.07) is 7.74. The van der Waals surface area contributed by atoms with Gasteiger partial charge in [-0.3, -0.25) is 0 Å². The third-order valence-electron chi connectivity index (χ3n) is 3.88. The molecule has 0 radical (unpaired) electrons. The van der Waals surface area contributed by atoms with Gasteiger partial charge < -0.3 is 9.80 Å². The second-order valence-electron chi connectivity index (χ2n) is 5.40. The summed E-state index contributed by atoms with van der Waals surface area (Å²) < 4.78 is 0. The van der Waals surface area contributed by atoms with Crippen LogP contribution in [0.5, 0.6) is 0 Å². The van der Waals surface area contributed by atoms with Gasteiger partial charge in [-0.15, -0.1) is 0 Å². The number of halogens is 1. The van der Waals surface area contributed by atoms with Crippen LogP contribution in [-0.4, -0.2) is 38.6 Å². The second-order valence-corrected chi connectivity index (χ2v) is 5.81. The van der Waals surface area contributed by atoms with Gasteiger partial charge >= 0.3 is 0 Å². The lowest BCUT2D eigenvalue weighted by Crippen LogP contribution is -2.35. The Morgan fingerprint density at radius 1 is 1.42 bits per heavy atom. The maximum absolute atomic E-state index is 8.88. The van der Waals surface area contributed by atoms with E-state index in [2.05, 4.69) is 30.0 Å². The standard InChI is InChI=1S/C15H20ClN3/c1-18-7-5-12(6-8-18)11-19(2)14-4-3-13(10-17)15(16)9-14/h3-4,9,12H,5-8,11H2,1-2H3. The molecule has 0 amide bonds. The van der Waals surface area contributed by atoms with Gasteiger partial charge in [-0.2, -0.15) is 5.26 Å². The quantitative estimate of drug-likeness (QED) is 0.851. The number of piperidine rings is 1. The highest BCUT2D eigenvalue weighted by molar-refractivity contribution is 6.32. The highest BCUT2D eigenvalue weighted by Crippen LogP contribution is 2.25. The van der Waals surface area contributed by atoms with Gasteiger partial charge in [-0.1, -0.05) is 11.6 Å². The second kappa shape index (κ2) is 6.27. The minimum atomic E-state index is 0.537. The number of rotatable bonds is 3. The van der Waals surface area contributed by atoms with E-state index in [1.54, 1.807) is 6.07 Å². The first-order valence-corrected chi connectivity index (χ1v) is 7.07. The lowest BCUT2D eigenvalue weighted by atomic mass is 9.96. The summed E-state index contributed by atoms with van der Waals surface area (Å²) >= 11 is 6.08. The molecule has 1 aliphatic rings. The molecule has 1 aromatic rings. The molecule has 4 heteroatoms. The summed E-state index contributed by atoms with van der Waals surface area (Å²) in [5, 5.41) is 9.42. The molecular formula is C15H20ClN3. The maximum Gasteiger partial charge on any atom is 0.101 e. The van der Waals surface area contributed by atoms with Crippen LogP contribution < -0.4 is 4.90 Å². The summed E-state index contributed by atoms with van der Waals surface area (Å²) in [6.45, 7) is 3.43. The average molecular weight is 278 g/mol. The van der Waals surface area contributed by atoms with Crippen LogP contribution in [0.2, 0.25) is 5.02 Å². The normalized spacial score (nSPS) is 17.2. The lowest BCUT2D eigenvalue weighted by Gasteiger charge is -2.32. The van der Waals surface area contributed by atoms with Crippen molar-refractivity contribution in [2.45, 2.75) is 12.8 Å². The number of likely N-dealkylation sites (tertiary alicyclic amines) is 1. The van der Waals surface area contributed by atoms with E-state index in [9.17, 15) is 0 Å². The Kier molecular flexibility index (Phi) is 4.68. The molecule has 0 atom stereocenters. The smallest absolute Gasteiger partial charge is 0.101 e. The fraction of sp³-hybridized carbons (Fsp3) is 0.533. The number of benzene rings is 1. The molecule has 1 saturated heterocycles. The van der Waals surface area contributed by atoms with Crippen molar-refractivity contribution < 1.29 is 0 Å². The molecule has 0 saturated carbocycles. The van der Waals surface area contributed by atoms with Gasteiger partial charge in [-0.05, 0) is 57.1 Å². The van der Waals surface area contributed by atoms with E-state index in [4.69, 9.17) is 16.9 Å². The first kappa shape index (κ1) is 14.2. The molecule has 0 bridgehead atoms. The van der Waals surface area contributed by atoms with Gasteiger partial charge in [0.1, 0.15) is 6.07 Å². The molecule has 1 fully saturated rings. The lowest BCUT2D eigenvalue weighted by molar-refractivity contribution is 0.222. The average Bonchev–Trinajstić information content (AvgIpc) is 2.41. The summed E-state index contributed by atoms with van der Waals surface area (Å²) in [7, 11) is 4.27. The van der Waals surface area contributed by atoms with Gasteiger partial charge in [0, 0.05) is 19.3 Å². The Bertz CT molecular complexity index is 473. The first-order chi connectivity index (χ1) is 9.10. The third kappa shape index (κ3) is 3.62. The number of nitrogens with zero attached hydrogens (tertiary/aromatic N) is 3. The van der Waals surface area contributed by atoms with Crippen LogP contribution in [-0.2, 0) is 0 Å². The number of anilines is 1. The van der Waals surface area contributed by atoms with Crippen molar-refractivity contribution in [3.05, 3.63) is 28.8 Å². The maximum atomic E-state index is 8.88. The molecule has 0 unspecified atom stereocenters. The van der Waals surface area contributed by atoms with Gasteiger partial charge in [0.2, 0.25) is 0 Å². The van der Waals surface area contributed by atoms with E-state index in [0.717, 1.165) is 18.2 Å². The number of nitriles is 1. The number of hydrogen-bond donors (Lipinski definition) is 0. The van der Waals surface area contributed by atoms with E-state index in [1.807, 2.05) is 12.1 Å². The van der Waals surface area contributed by atoms with Gasteiger partial charge in [0.25, 0.3) is 0 Å². The Balaban J connectivity index is 1.98. The molecule has 19 heavy (non-hydrogen) atoms. The molecule has 102 valence electrons. The molecule has 3 nitrogen and oxygen atoms in total. The van der Waals surface area contributed by atoms with E-state index in [-0.39, 0.29) is 0 Å². The SMILES string of the molecule is CN1CCC(CN(C)c2ccc(C#N)c(Cl)c2)CC1. The zero-order chi connectivity index (χ0) is 13.8. The number of hydrogen-bond acceptors (Lipinski definition) is 3. The Morgan fingerprint density at radius 3 is 2.68 bits per heavy atom. The van der Waals surface area contributed by atoms with Crippen molar-refractivity contribution in [3.8, 4) is 6.07 Å². The van der Waals surface area contributed by atoms with E-state index in [0.29, 0.717) is 10.6 Å². The van der Waals surface area contributed by atoms with Crippen LogP contribution in [0.4, 0.5) is 5.69 Å². The Hall–Kier alpha value is -1.24. The summed E-state index contributed by atoms with van der Waals surface area (Å²) in [5.74, 6) is 0.746. The predicted octanol–water partition coefficient (Wildman–Crippen LogP) is 2.99. The van der Waals surface area contributed by atoms with Crippen LogP contribution >= 0.6 is 11.6 Å². The zero-order valence-electron chi connectivity index (χ0n) is 11.6. The van der Waals surface area contributed by atoms with Gasteiger partial charge in [-0.25, -0.2) is 0 Å². The fourth-order valence-corrected chi connectivity index (χ4v) is 2.79. The van der Waals surface area contributed by atoms with Crippen molar-refractivity contribution in [1.82, 2.24) is 4.90 Å². The minimum absolute atomic E-state index is 0.537. The van der Waals surface area contributed by atoms with E-state index >= 15 is 0 Å². The van der Waals surface area contributed by atoms with Crippen molar-refractivity contribution >= 4 is 17.3 Å². The topological polar surface area (TPSA) is 30.3 Å². The molecule has 0 spiro atoms. The van der Waals surface area contributed by atoms with E-state index in [1.165, 1.54) is 25.9 Å². The van der Waals surface area contributed by atoms with Gasteiger partial charge in [0.05, 0.1) is 10.6 Å². The summed E-state index contributed by atoms with van der Waals surface area (Å²) in [6.07, 6.45) is 2.51. The predicted molar refractivity (Wildman–Crippen MR) is 79.7 cm³/mol. The molecule has 2 rings (SSSR count). The molecular weight excluding hydrogens is 258 g/mol. The minimum Gasteiger partial charge on any atom is -0.374 e. The van der Waals surface area contributed by atoms with Crippen molar-refractivity contribution in [3.63, 3.8) is 0 Å². The largest absolute Gasteiger partial charge is 0.374 e.